The largest absolute Gasteiger partial charge is 0.369 e. The molecular formula is C20H22N6S. The number of thiophene rings is 1. The molecule has 0 unspecified atom stereocenters. The van der Waals surface area contributed by atoms with E-state index in [9.17, 15) is 0 Å². The monoisotopic (exact) mass is 378 g/mol. The predicted molar refractivity (Wildman–Crippen MR) is 110 cm³/mol. The van der Waals surface area contributed by atoms with Crippen LogP contribution < -0.4 is 5.32 Å². The van der Waals surface area contributed by atoms with Crippen molar-refractivity contribution in [1.82, 2.24) is 25.0 Å². The van der Waals surface area contributed by atoms with E-state index < -0.39 is 0 Å². The number of aryl methyl sites for hydroxylation is 3. The maximum Gasteiger partial charge on any atom is 0.138 e. The summed E-state index contributed by atoms with van der Waals surface area (Å²) in [5.74, 6) is 1.83. The topological polar surface area (TPSA) is 68.5 Å². The van der Waals surface area contributed by atoms with E-state index in [-0.39, 0.29) is 0 Å². The van der Waals surface area contributed by atoms with Crippen molar-refractivity contribution in [1.29, 1.82) is 0 Å². The van der Waals surface area contributed by atoms with Crippen LogP contribution in [0.4, 0.5) is 5.82 Å². The van der Waals surface area contributed by atoms with E-state index in [4.69, 9.17) is 0 Å². The Hall–Kier alpha value is -2.80. The number of anilines is 1. The van der Waals surface area contributed by atoms with Gasteiger partial charge in [0.2, 0.25) is 0 Å². The molecule has 1 aromatic carbocycles. The Morgan fingerprint density at radius 1 is 1.15 bits per heavy atom. The van der Waals surface area contributed by atoms with Crippen molar-refractivity contribution in [3.8, 4) is 5.69 Å². The number of hydrogen-bond donors (Lipinski definition) is 1. The van der Waals surface area contributed by atoms with E-state index in [2.05, 4.69) is 45.5 Å². The Bertz CT molecular complexity index is 1040. The minimum absolute atomic E-state index is 0.836. The first-order valence-corrected chi connectivity index (χ1v) is 10.0. The highest BCUT2D eigenvalue weighted by Crippen LogP contribution is 2.28. The molecule has 27 heavy (non-hydrogen) atoms. The minimum atomic E-state index is 0.836. The summed E-state index contributed by atoms with van der Waals surface area (Å²) in [6.07, 6.45) is 4.67. The molecule has 0 amide bonds. The van der Waals surface area contributed by atoms with Gasteiger partial charge >= 0.3 is 0 Å². The van der Waals surface area contributed by atoms with Gasteiger partial charge in [-0.15, -0.1) is 16.4 Å². The van der Waals surface area contributed by atoms with Crippen molar-refractivity contribution in [2.75, 3.05) is 11.9 Å². The Morgan fingerprint density at radius 3 is 2.81 bits per heavy atom. The number of hydrogen-bond acceptors (Lipinski definition) is 6. The van der Waals surface area contributed by atoms with Gasteiger partial charge in [0.25, 0.3) is 0 Å². The number of aromatic nitrogens is 5. The second kappa shape index (κ2) is 7.84. The molecule has 0 aliphatic heterocycles. The van der Waals surface area contributed by atoms with Gasteiger partial charge in [-0.3, -0.25) is 0 Å². The van der Waals surface area contributed by atoms with Crippen LogP contribution in [0.25, 0.3) is 15.9 Å². The van der Waals surface area contributed by atoms with E-state index in [1.807, 2.05) is 41.2 Å². The molecule has 0 radical (unpaired) electrons. The van der Waals surface area contributed by atoms with Gasteiger partial charge in [-0.2, -0.15) is 0 Å². The third-order valence-corrected chi connectivity index (χ3v) is 5.29. The lowest BCUT2D eigenvalue weighted by Gasteiger charge is -2.07. The van der Waals surface area contributed by atoms with Crippen LogP contribution in [-0.4, -0.2) is 31.5 Å². The molecule has 138 valence electrons. The molecule has 3 heterocycles. The van der Waals surface area contributed by atoms with Gasteiger partial charge in [0, 0.05) is 17.8 Å². The van der Waals surface area contributed by atoms with Crippen molar-refractivity contribution in [3.63, 3.8) is 0 Å². The number of nitrogens with zero attached hydrogens (tertiary/aromatic N) is 5. The Balaban J connectivity index is 1.38. The molecule has 4 aromatic rings. The zero-order valence-electron chi connectivity index (χ0n) is 15.5. The molecule has 0 aliphatic carbocycles. The van der Waals surface area contributed by atoms with Crippen molar-refractivity contribution in [3.05, 3.63) is 59.0 Å². The normalized spacial score (nSPS) is 11.2. The summed E-state index contributed by atoms with van der Waals surface area (Å²) in [5.41, 5.74) is 2.02. The zero-order chi connectivity index (χ0) is 18.6. The lowest BCUT2D eigenvalue weighted by atomic mass is 10.2. The maximum absolute atomic E-state index is 4.67. The van der Waals surface area contributed by atoms with Crippen LogP contribution in [0.5, 0.6) is 0 Å². The van der Waals surface area contributed by atoms with Gasteiger partial charge in [0.05, 0.1) is 23.0 Å². The quantitative estimate of drug-likeness (QED) is 0.489. The Morgan fingerprint density at radius 2 is 2.00 bits per heavy atom. The van der Waals surface area contributed by atoms with E-state index in [1.165, 1.54) is 4.88 Å². The van der Waals surface area contributed by atoms with Gasteiger partial charge in [0.15, 0.2) is 0 Å². The average Bonchev–Trinajstić information content (AvgIpc) is 3.31. The van der Waals surface area contributed by atoms with Gasteiger partial charge in [-0.25, -0.2) is 14.6 Å². The average molecular weight is 379 g/mol. The molecule has 7 heteroatoms. The van der Waals surface area contributed by atoms with Crippen molar-refractivity contribution in [2.24, 2.45) is 0 Å². The van der Waals surface area contributed by atoms with Crippen molar-refractivity contribution >= 4 is 27.4 Å². The first-order valence-electron chi connectivity index (χ1n) is 9.20. The maximum atomic E-state index is 4.67. The van der Waals surface area contributed by atoms with Gasteiger partial charge in [-0.05, 0) is 38.0 Å². The van der Waals surface area contributed by atoms with Crippen LogP contribution in [0.2, 0.25) is 0 Å². The number of para-hydroxylation sites is 1. The summed E-state index contributed by atoms with van der Waals surface area (Å²) in [7, 11) is 0. The molecule has 0 aliphatic rings. The standard InChI is InChI=1S/C20H22N6S/c1-3-18-22-19(17-12-14(2)27-20(17)23-18)21-11-7-8-15-13-26(25-24-15)16-9-5-4-6-10-16/h4-6,9-10,12-13H,3,7-8,11H2,1-2H3,(H,21,22,23). The molecule has 4 rings (SSSR count). The van der Waals surface area contributed by atoms with E-state index in [0.29, 0.717) is 0 Å². The van der Waals surface area contributed by atoms with Crippen LogP contribution in [-0.2, 0) is 12.8 Å². The zero-order valence-corrected chi connectivity index (χ0v) is 16.3. The fraction of sp³-hybridized carbons (Fsp3) is 0.300. The van der Waals surface area contributed by atoms with Crippen LogP contribution >= 0.6 is 11.3 Å². The number of rotatable bonds is 7. The second-order valence-electron chi connectivity index (χ2n) is 6.44. The summed E-state index contributed by atoms with van der Waals surface area (Å²) in [4.78, 5) is 11.6. The lowest BCUT2D eigenvalue weighted by molar-refractivity contribution is 0.785. The fourth-order valence-electron chi connectivity index (χ4n) is 2.98. The number of fused-ring (bicyclic) bond motifs is 1. The smallest absolute Gasteiger partial charge is 0.138 e. The summed E-state index contributed by atoms with van der Waals surface area (Å²) < 4.78 is 1.82. The van der Waals surface area contributed by atoms with Crippen LogP contribution in [0.1, 0.15) is 29.7 Å². The molecule has 1 N–H and O–H groups in total. The summed E-state index contributed by atoms with van der Waals surface area (Å²) >= 11 is 1.72. The van der Waals surface area contributed by atoms with Gasteiger partial charge < -0.3 is 5.32 Å². The first-order chi connectivity index (χ1) is 13.2. The summed E-state index contributed by atoms with van der Waals surface area (Å²) in [6, 6.07) is 12.2. The predicted octanol–water partition coefficient (Wildman–Crippen LogP) is 4.19. The Kier molecular flexibility index (Phi) is 5.11. The molecule has 0 bridgehead atoms. The minimum Gasteiger partial charge on any atom is -0.369 e. The molecule has 0 saturated heterocycles. The van der Waals surface area contributed by atoms with E-state index in [1.54, 1.807) is 11.3 Å². The van der Waals surface area contributed by atoms with E-state index in [0.717, 1.165) is 59.0 Å². The molecule has 0 spiro atoms. The van der Waals surface area contributed by atoms with Crippen LogP contribution in [0.15, 0.2) is 42.6 Å². The van der Waals surface area contributed by atoms with Crippen LogP contribution in [0, 0.1) is 6.92 Å². The highest BCUT2D eigenvalue weighted by Gasteiger charge is 2.10. The molecule has 0 atom stereocenters. The Labute approximate surface area is 162 Å². The lowest BCUT2D eigenvalue weighted by Crippen LogP contribution is -2.07. The SMILES string of the molecule is CCc1nc(NCCCc2cn(-c3ccccc3)nn2)c2cc(C)sc2n1. The molecule has 0 saturated carbocycles. The van der Waals surface area contributed by atoms with Crippen molar-refractivity contribution in [2.45, 2.75) is 33.1 Å². The third kappa shape index (κ3) is 3.98. The van der Waals surface area contributed by atoms with Gasteiger partial charge in [-0.1, -0.05) is 30.3 Å². The highest BCUT2D eigenvalue weighted by molar-refractivity contribution is 7.18. The van der Waals surface area contributed by atoms with Gasteiger partial charge in [0.1, 0.15) is 16.5 Å². The van der Waals surface area contributed by atoms with E-state index >= 15 is 0 Å². The molecule has 3 aromatic heterocycles. The molecule has 0 fully saturated rings. The molecular weight excluding hydrogens is 356 g/mol. The molecule has 6 nitrogen and oxygen atoms in total. The summed E-state index contributed by atoms with van der Waals surface area (Å²) in [5, 5.41) is 13.1. The number of nitrogens with one attached hydrogen (secondary N) is 1. The third-order valence-electron chi connectivity index (χ3n) is 4.34. The second-order valence-corrected chi connectivity index (χ2v) is 7.67. The number of benzene rings is 1. The van der Waals surface area contributed by atoms with Crippen molar-refractivity contribution < 1.29 is 0 Å². The summed E-state index contributed by atoms with van der Waals surface area (Å²) in [6.45, 7) is 5.03. The first kappa shape index (κ1) is 17.6. The highest BCUT2D eigenvalue weighted by atomic mass is 32.1. The van der Waals surface area contributed by atoms with Crippen LogP contribution in [0.3, 0.4) is 0 Å². The fourth-order valence-corrected chi connectivity index (χ4v) is 3.87.